The zero-order chi connectivity index (χ0) is 21.0. The second kappa shape index (κ2) is 8.73. The van der Waals surface area contributed by atoms with Crippen LogP contribution in [0.5, 0.6) is 0 Å². The van der Waals surface area contributed by atoms with Gasteiger partial charge in [-0.15, -0.1) is 0 Å². The van der Waals surface area contributed by atoms with Gasteiger partial charge >= 0.3 is 0 Å². The molecule has 0 bridgehead atoms. The average Bonchev–Trinajstić information content (AvgIpc) is 3.12. The van der Waals surface area contributed by atoms with Crippen LogP contribution in [-0.2, 0) is 25.9 Å². The van der Waals surface area contributed by atoms with Gasteiger partial charge in [0.25, 0.3) is 0 Å². The molecule has 0 aliphatic carbocycles. The molecule has 2 heterocycles. The minimum absolute atomic E-state index is 0.0871. The lowest BCUT2D eigenvalue weighted by Crippen LogP contribution is -2.50. The molecule has 1 amide bonds. The summed E-state index contributed by atoms with van der Waals surface area (Å²) in [6, 6.07) is 7.32. The van der Waals surface area contributed by atoms with Crippen molar-refractivity contribution in [2.24, 2.45) is 5.16 Å². The zero-order valence-corrected chi connectivity index (χ0v) is 17.5. The Labute approximate surface area is 169 Å². The summed E-state index contributed by atoms with van der Waals surface area (Å²) >= 11 is 0. The molecule has 1 unspecified atom stereocenters. The minimum Gasteiger partial charge on any atom is -0.396 e. The third kappa shape index (κ3) is 5.20. The van der Waals surface area contributed by atoms with Gasteiger partial charge in [0.15, 0.2) is 9.84 Å². The number of sulfone groups is 1. The van der Waals surface area contributed by atoms with Gasteiger partial charge in [-0.1, -0.05) is 34.6 Å². The van der Waals surface area contributed by atoms with Gasteiger partial charge in [-0.25, -0.2) is 8.42 Å². The van der Waals surface area contributed by atoms with Crippen molar-refractivity contribution >= 4 is 21.5 Å². The minimum atomic E-state index is -3.41. The highest BCUT2D eigenvalue weighted by molar-refractivity contribution is 7.92. The van der Waals surface area contributed by atoms with Crippen LogP contribution < -0.4 is 0 Å². The fourth-order valence-corrected chi connectivity index (χ4v) is 4.25. The number of hydrogen-bond donors (Lipinski definition) is 0. The first-order valence-corrected chi connectivity index (χ1v) is 11.3. The first kappa shape index (κ1) is 21.0. The number of benzene rings is 1. The molecule has 0 radical (unpaired) electrons. The predicted molar refractivity (Wildman–Crippen MR) is 107 cm³/mol. The van der Waals surface area contributed by atoms with Crippen LogP contribution in [0.3, 0.4) is 0 Å². The highest BCUT2D eigenvalue weighted by atomic mass is 32.2. The van der Waals surface area contributed by atoms with Crippen LogP contribution in [0.2, 0.25) is 0 Å². The molecule has 9 nitrogen and oxygen atoms in total. The topological polar surface area (TPSA) is 115 Å². The van der Waals surface area contributed by atoms with Gasteiger partial charge in [0.2, 0.25) is 17.6 Å². The number of aromatic nitrogens is 2. The molecule has 1 aliphatic rings. The molecular weight excluding hydrogens is 396 g/mol. The normalized spacial score (nSPS) is 18.8. The molecule has 1 aromatic carbocycles. The van der Waals surface area contributed by atoms with Crippen molar-refractivity contribution in [2.45, 2.75) is 31.9 Å². The van der Waals surface area contributed by atoms with Crippen molar-refractivity contribution in [1.29, 1.82) is 0 Å². The maximum Gasteiger partial charge on any atom is 0.227 e. The lowest BCUT2D eigenvalue weighted by molar-refractivity contribution is -0.130. The van der Waals surface area contributed by atoms with Crippen LogP contribution in [0, 0.1) is 6.92 Å². The standard InChI is InChI=1S/C19H24N4O5S/c1-4-27-21-16-9-10-23(12-17(16)29(3,25)26)18(24)11-14-5-7-15(8-6-14)19-20-13(2)28-22-19/h5-8,17H,4,9-12H2,1-3H3. The molecule has 0 N–H and O–H groups in total. The highest BCUT2D eigenvalue weighted by Crippen LogP contribution is 2.19. The Bertz CT molecular complexity index is 998. The summed E-state index contributed by atoms with van der Waals surface area (Å²) in [6.07, 6.45) is 1.71. The van der Waals surface area contributed by atoms with Crippen LogP contribution in [0.4, 0.5) is 0 Å². The molecule has 1 aliphatic heterocycles. The number of rotatable bonds is 6. The number of hydrogen-bond acceptors (Lipinski definition) is 8. The third-order valence-electron chi connectivity index (χ3n) is 4.67. The lowest BCUT2D eigenvalue weighted by Gasteiger charge is -2.32. The molecule has 1 aromatic heterocycles. The summed E-state index contributed by atoms with van der Waals surface area (Å²) < 4.78 is 29.3. The third-order valence-corrected chi connectivity index (χ3v) is 6.13. The van der Waals surface area contributed by atoms with E-state index in [-0.39, 0.29) is 18.9 Å². The zero-order valence-electron chi connectivity index (χ0n) is 16.7. The molecular formula is C19H24N4O5S. The maximum absolute atomic E-state index is 12.7. The van der Waals surface area contributed by atoms with Crippen molar-refractivity contribution < 1.29 is 22.6 Å². The SMILES string of the molecule is CCON=C1CCN(C(=O)Cc2ccc(-c3noc(C)n3)cc2)CC1S(C)(=O)=O. The number of amides is 1. The summed E-state index contributed by atoms with van der Waals surface area (Å²) in [4.78, 5) is 23.5. The maximum atomic E-state index is 12.7. The van der Waals surface area contributed by atoms with E-state index in [1.807, 2.05) is 24.3 Å². The predicted octanol–water partition coefficient (Wildman–Crippen LogP) is 1.63. The number of piperidine rings is 1. The largest absolute Gasteiger partial charge is 0.396 e. The molecule has 3 rings (SSSR count). The van der Waals surface area contributed by atoms with E-state index in [0.29, 0.717) is 37.0 Å². The number of carbonyl (C=O) groups is 1. The molecule has 10 heteroatoms. The molecule has 0 saturated carbocycles. The smallest absolute Gasteiger partial charge is 0.227 e. The van der Waals surface area contributed by atoms with Crippen molar-refractivity contribution in [2.75, 3.05) is 26.0 Å². The van der Waals surface area contributed by atoms with Gasteiger partial charge in [-0.05, 0) is 12.5 Å². The summed E-state index contributed by atoms with van der Waals surface area (Å²) in [5.41, 5.74) is 2.09. The second-order valence-electron chi connectivity index (χ2n) is 6.92. The number of carbonyl (C=O) groups excluding carboxylic acids is 1. The summed E-state index contributed by atoms with van der Waals surface area (Å²) in [5, 5.41) is 6.98. The Hall–Kier alpha value is -2.75. The van der Waals surface area contributed by atoms with E-state index in [4.69, 9.17) is 9.36 Å². The van der Waals surface area contributed by atoms with Gasteiger partial charge in [-0.3, -0.25) is 4.79 Å². The molecule has 156 valence electrons. The summed E-state index contributed by atoms with van der Waals surface area (Å²) in [5.74, 6) is 0.850. The van der Waals surface area contributed by atoms with Crippen molar-refractivity contribution in [3.8, 4) is 11.4 Å². The summed E-state index contributed by atoms with van der Waals surface area (Å²) in [7, 11) is -3.41. The van der Waals surface area contributed by atoms with Crippen LogP contribution in [-0.4, -0.2) is 66.3 Å². The van der Waals surface area contributed by atoms with Crippen LogP contribution >= 0.6 is 0 Å². The van der Waals surface area contributed by atoms with E-state index < -0.39 is 15.1 Å². The first-order valence-electron chi connectivity index (χ1n) is 9.33. The van der Waals surface area contributed by atoms with Crippen molar-refractivity contribution in [3.05, 3.63) is 35.7 Å². The molecule has 1 saturated heterocycles. The Morgan fingerprint density at radius 3 is 2.66 bits per heavy atom. The average molecular weight is 420 g/mol. The highest BCUT2D eigenvalue weighted by Gasteiger charge is 2.35. The molecule has 29 heavy (non-hydrogen) atoms. The lowest BCUT2D eigenvalue weighted by atomic mass is 10.1. The fourth-order valence-electron chi connectivity index (χ4n) is 3.14. The van der Waals surface area contributed by atoms with Gasteiger partial charge in [0.1, 0.15) is 11.9 Å². The number of aryl methyl sites for hydroxylation is 1. The molecule has 1 atom stereocenters. The monoisotopic (exact) mass is 420 g/mol. The van der Waals surface area contributed by atoms with E-state index in [0.717, 1.165) is 17.4 Å². The molecule has 0 spiro atoms. The van der Waals surface area contributed by atoms with E-state index >= 15 is 0 Å². The second-order valence-corrected chi connectivity index (χ2v) is 9.15. The van der Waals surface area contributed by atoms with E-state index in [1.54, 1.807) is 18.7 Å². The Balaban J connectivity index is 1.67. The number of likely N-dealkylation sites (tertiary alicyclic amines) is 1. The van der Waals surface area contributed by atoms with Crippen molar-refractivity contribution in [3.63, 3.8) is 0 Å². The van der Waals surface area contributed by atoms with Crippen LogP contribution in [0.25, 0.3) is 11.4 Å². The summed E-state index contributed by atoms with van der Waals surface area (Å²) in [6.45, 7) is 4.36. The van der Waals surface area contributed by atoms with Gasteiger partial charge in [0.05, 0.1) is 12.1 Å². The van der Waals surface area contributed by atoms with E-state index in [2.05, 4.69) is 15.3 Å². The Kier molecular flexibility index (Phi) is 6.31. The number of nitrogens with zero attached hydrogens (tertiary/aromatic N) is 4. The van der Waals surface area contributed by atoms with Crippen LogP contribution in [0.15, 0.2) is 33.9 Å². The van der Waals surface area contributed by atoms with Gasteiger partial charge in [0, 0.05) is 38.3 Å². The molecule has 1 fully saturated rings. The number of oxime groups is 1. The quantitative estimate of drug-likeness (QED) is 0.652. The Morgan fingerprint density at radius 1 is 1.34 bits per heavy atom. The fraction of sp³-hybridized carbons (Fsp3) is 0.474. The van der Waals surface area contributed by atoms with E-state index in [9.17, 15) is 13.2 Å². The van der Waals surface area contributed by atoms with Gasteiger partial charge < -0.3 is 14.3 Å². The molecule has 2 aromatic rings. The van der Waals surface area contributed by atoms with Crippen LogP contribution in [0.1, 0.15) is 24.8 Å². The first-order chi connectivity index (χ1) is 13.8. The van der Waals surface area contributed by atoms with Gasteiger partial charge in [-0.2, -0.15) is 4.98 Å². The van der Waals surface area contributed by atoms with E-state index in [1.165, 1.54) is 0 Å². The van der Waals surface area contributed by atoms with Crippen molar-refractivity contribution in [1.82, 2.24) is 15.0 Å². The Morgan fingerprint density at radius 2 is 2.07 bits per heavy atom.